The van der Waals surface area contributed by atoms with E-state index >= 15 is 0 Å². The Morgan fingerprint density at radius 1 is 1.53 bits per heavy atom. The molecule has 3 rings (SSSR count). The molecule has 2 unspecified atom stereocenters. The highest BCUT2D eigenvalue weighted by atomic mass is 79.9. The molecule has 0 radical (unpaired) electrons. The van der Waals surface area contributed by atoms with E-state index in [1.165, 1.54) is 9.40 Å². The van der Waals surface area contributed by atoms with E-state index < -0.39 is 0 Å². The molecule has 3 heterocycles. The van der Waals surface area contributed by atoms with E-state index in [-0.39, 0.29) is 18.1 Å². The Hall–Kier alpha value is -0.430. The molecule has 0 N–H and O–H groups in total. The number of alkyl halides is 1. The zero-order valence-electron chi connectivity index (χ0n) is 10.5. The number of fused-ring (bicyclic) bond motifs is 1. The summed E-state index contributed by atoms with van der Waals surface area (Å²) in [7, 11) is 0. The van der Waals surface area contributed by atoms with Crippen molar-refractivity contribution in [2.45, 2.75) is 19.1 Å². The second kappa shape index (κ2) is 5.52. The summed E-state index contributed by atoms with van der Waals surface area (Å²) in [4.78, 5) is 15.3. The first-order chi connectivity index (χ1) is 9.17. The number of morpholine rings is 1. The summed E-state index contributed by atoms with van der Waals surface area (Å²) in [5, 5.41) is 2.83. The highest BCUT2D eigenvalue weighted by Gasteiger charge is 2.29. The summed E-state index contributed by atoms with van der Waals surface area (Å²) in [6.07, 6.45) is 0.190. The highest BCUT2D eigenvalue weighted by molar-refractivity contribution is 9.09. The van der Waals surface area contributed by atoms with Crippen LogP contribution in [0.5, 0.6) is 0 Å². The topological polar surface area (TPSA) is 29.5 Å². The smallest absolute Gasteiger partial charge is 0.264 e. The van der Waals surface area contributed by atoms with Crippen molar-refractivity contribution in [3.05, 3.63) is 22.4 Å². The maximum absolute atomic E-state index is 12.5. The molecule has 1 amide bonds. The largest absolute Gasteiger partial charge is 0.371 e. The second-order valence-corrected chi connectivity index (χ2v) is 7.37. The highest BCUT2D eigenvalue weighted by Crippen LogP contribution is 2.31. The van der Waals surface area contributed by atoms with Crippen molar-refractivity contribution in [2.24, 2.45) is 0 Å². The molecule has 0 saturated carbocycles. The van der Waals surface area contributed by atoms with Crippen LogP contribution in [0.4, 0.5) is 0 Å². The van der Waals surface area contributed by atoms with Gasteiger partial charge in [0, 0.05) is 27.8 Å². The molecule has 1 fully saturated rings. The summed E-state index contributed by atoms with van der Waals surface area (Å²) < 4.78 is 8.16. The summed E-state index contributed by atoms with van der Waals surface area (Å²) in [5.74, 6) is 0.134. The Balaban J connectivity index is 1.80. The number of rotatable bonds is 2. The van der Waals surface area contributed by atoms with Crippen LogP contribution in [-0.2, 0) is 4.74 Å². The van der Waals surface area contributed by atoms with E-state index in [9.17, 15) is 4.79 Å². The van der Waals surface area contributed by atoms with Crippen LogP contribution in [0, 0.1) is 0 Å². The van der Waals surface area contributed by atoms with Crippen LogP contribution in [0.15, 0.2) is 17.5 Å². The molecule has 0 aliphatic carbocycles. The summed E-state index contributed by atoms with van der Waals surface area (Å²) in [6.45, 7) is 3.36. The van der Waals surface area contributed by atoms with Gasteiger partial charge in [0.05, 0.1) is 17.1 Å². The molecule has 19 heavy (non-hydrogen) atoms. The average Bonchev–Trinajstić information content (AvgIpc) is 2.97. The molecular weight excluding hydrogens is 346 g/mol. The Kier molecular flexibility index (Phi) is 3.93. The Bertz CT molecular complexity index is 566. The zero-order chi connectivity index (χ0) is 13.4. The van der Waals surface area contributed by atoms with Gasteiger partial charge in [0.2, 0.25) is 0 Å². The van der Waals surface area contributed by atoms with Crippen LogP contribution in [0.1, 0.15) is 16.6 Å². The molecule has 1 aliphatic heterocycles. The van der Waals surface area contributed by atoms with Crippen molar-refractivity contribution in [1.82, 2.24) is 4.90 Å². The number of nitrogens with zero attached hydrogens (tertiary/aromatic N) is 1. The number of ether oxygens (including phenoxy) is 1. The van der Waals surface area contributed by atoms with Crippen LogP contribution < -0.4 is 0 Å². The van der Waals surface area contributed by atoms with Crippen LogP contribution >= 0.6 is 38.6 Å². The van der Waals surface area contributed by atoms with Gasteiger partial charge < -0.3 is 9.64 Å². The third-order valence-corrected chi connectivity index (χ3v) is 5.94. The van der Waals surface area contributed by atoms with E-state index in [0.717, 1.165) is 10.2 Å². The number of thiophene rings is 2. The maximum Gasteiger partial charge on any atom is 0.264 e. The lowest BCUT2D eigenvalue weighted by Crippen LogP contribution is -2.49. The second-order valence-electron chi connectivity index (χ2n) is 4.69. The maximum atomic E-state index is 12.5. The van der Waals surface area contributed by atoms with Gasteiger partial charge in [-0.05, 0) is 24.4 Å². The van der Waals surface area contributed by atoms with E-state index in [2.05, 4.69) is 27.4 Å². The van der Waals surface area contributed by atoms with E-state index in [1.807, 2.05) is 17.9 Å². The SMILES string of the molecule is CC1CN(C(=O)c2cc3sccc3s2)CC(CBr)O1. The minimum atomic E-state index is 0.0915. The molecule has 2 aromatic heterocycles. The lowest BCUT2D eigenvalue weighted by molar-refractivity contribution is -0.0558. The summed E-state index contributed by atoms with van der Waals surface area (Å²) >= 11 is 6.70. The zero-order valence-corrected chi connectivity index (χ0v) is 13.7. The molecule has 2 aromatic rings. The van der Waals surface area contributed by atoms with Gasteiger partial charge in [-0.1, -0.05) is 15.9 Å². The standard InChI is InChI=1S/C13H14BrNO2S2/c1-8-6-15(7-9(5-14)17-8)13(16)12-4-11-10(19-12)2-3-18-11/h2-4,8-9H,5-7H2,1H3. The Morgan fingerprint density at radius 2 is 2.37 bits per heavy atom. The van der Waals surface area contributed by atoms with Gasteiger partial charge in [-0.15, -0.1) is 22.7 Å². The normalized spacial score (nSPS) is 24.0. The molecule has 0 spiro atoms. The fourth-order valence-electron chi connectivity index (χ4n) is 2.32. The minimum absolute atomic E-state index is 0.0915. The molecule has 3 nitrogen and oxygen atoms in total. The lowest BCUT2D eigenvalue weighted by atomic mass is 10.2. The predicted octanol–water partition coefficient (Wildman–Crippen LogP) is 3.59. The quantitative estimate of drug-likeness (QED) is 0.766. The van der Waals surface area contributed by atoms with Crippen LogP contribution in [0.25, 0.3) is 9.40 Å². The van der Waals surface area contributed by atoms with Crippen LogP contribution in [-0.4, -0.2) is 41.4 Å². The first kappa shape index (κ1) is 13.5. The number of hydrogen-bond acceptors (Lipinski definition) is 4. The van der Waals surface area contributed by atoms with Gasteiger partial charge in [0.25, 0.3) is 5.91 Å². The fraction of sp³-hybridized carbons (Fsp3) is 0.462. The lowest BCUT2D eigenvalue weighted by Gasteiger charge is -2.35. The van der Waals surface area contributed by atoms with Crippen molar-refractivity contribution in [2.75, 3.05) is 18.4 Å². The molecule has 0 bridgehead atoms. The molecule has 102 valence electrons. The van der Waals surface area contributed by atoms with Gasteiger partial charge in [0.1, 0.15) is 0 Å². The van der Waals surface area contributed by atoms with Gasteiger partial charge in [-0.25, -0.2) is 0 Å². The number of carbonyl (C=O) groups excluding carboxylic acids is 1. The molecular formula is C13H14BrNO2S2. The van der Waals surface area contributed by atoms with Crippen molar-refractivity contribution in [1.29, 1.82) is 0 Å². The Labute approximate surface area is 128 Å². The van der Waals surface area contributed by atoms with Gasteiger partial charge >= 0.3 is 0 Å². The molecule has 0 aromatic carbocycles. The molecule has 2 atom stereocenters. The van der Waals surface area contributed by atoms with Crippen molar-refractivity contribution in [3.8, 4) is 0 Å². The number of hydrogen-bond donors (Lipinski definition) is 0. The minimum Gasteiger partial charge on any atom is -0.371 e. The first-order valence-electron chi connectivity index (χ1n) is 6.15. The third kappa shape index (κ3) is 2.72. The van der Waals surface area contributed by atoms with E-state index in [4.69, 9.17) is 4.74 Å². The number of carbonyl (C=O) groups is 1. The molecule has 1 saturated heterocycles. The van der Waals surface area contributed by atoms with Gasteiger partial charge in [-0.3, -0.25) is 4.79 Å². The Morgan fingerprint density at radius 3 is 3.11 bits per heavy atom. The first-order valence-corrected chi connectivity index (χ1v) is 8.97. The van der Waals surface area contributed by atoms with Crippen LogP contribution in [0.3, 0.4) is 0 Å². The van der Waals surface area contributed by atoms with E-state index in [1.54, 1.807) is 22.7 Å². The van der Waals surface area contributed by atoms with Crippen molar-refractivity contribution >= 4 is 53.9 Å². The van der Waals surface area contributed by atoms with Gasteiger partial charge in [-0.2, -0.15) is 0 Å². The monoisotopic (exact) mass is 359 g/mol. The molecule has 6 heteroatoms. The summed E-state index contributed by atoms with van der Waals surface area (Å²) in [6, 6.07) is 4.08. The van der Waals surface area contributed by atoms with Gasteiger partial charge in [0.15, 0.2) is 0 Å². The van der Waals surface area contributed by atoms with Crippen molar-refractivity contribution < 1.29 is 9.53 Å². The van der Waals surface area contributed by atoms with Crippen LogP contribution in [0.2, 0.25) is 0 Å². The number of halogens is 1. The molecule has 1 aliphatic rings. The fourth-order valence-corrected chi connectivity index (χ4v) is 4.76. The predicted molar refractivity (Wildman–Crippen MR) is 83.7 cm³/mol. The van der Waals surface area contributed by atoms with E-state index in [0.29, 0.717) is 13.1 Å². The van der Waals surface area contributed by atoms with Crippen molar-refractivity contribution in [3.63, 3.8) is 0 Å². The number of amides is 1. The third-order valence-electron chi connectivity index (χ3n) is 3.14. The average molecular weight is 360 g/mol. The summed E-state index contributed by atoms with van der Waals surface area (Å²) in [5.41, 5.74) is 0.